The zero-order valence-corrected chi connectivity index (χ0v) is 37.7. The third-order valence-corrected chi connectivity index (χ3v) is 13.8. The Morgan fingerprint density at radius 1 is 0.469 bits per heavy atom. The van der Waals surface area contributed by atoms with Gasteiger partial charge in [-0.3, -0.25) is 10.0 Å². The maximum atomic E-state index is 11.4. The molecule has 2 N–H and O–H groups in total. The largest absolute Gasteiger partial charge is 0.390 e. The van der Waals surface area contributed by atoms with Gasteiger partial charge < -0.3 is 19.3 Å². The first-order valence-electron chi connectivity index (χ1n) is 21.9. The summed E-state index contributed by atoms with van der Waals surface area (Å²) in [5.41, 5.74) is 8.72. The van der Waals surface area contributed by atoms with Crippen LogP contribution >= 0.6 is 23.5 Å². The smallest absolute Gasteiger partial charge is 0.0830 e. The first-order chi connectivity index (χ1) is 31.4. The molecule has 0 aliphatic heterocycles. The van der Waals surface area contributed by atoms with E-state index in [1.54, 1.807) is 23.5 Å². The van der Waals surface area contributed by atoms with Crippen molar-refractivity contribution in [1.29, 1.82) is 0 Å². The number of aliphatic hydroxyl groups is 2. The molecule has 0 aliphatic carbocycles. The third-order valence-electron chi connectivity index (χ3n) is 11.5. The zero-order valence-electron chi connectivity index (χ0n) is 36.1. The van der Waals surface area contributed by atoms with Crippen LogP contribution in [0.25, 0.3) is 43.6 Å². The second-order valence-corrected chi connectivity index (χ2v) is 18.0. The van der Waals surface area contributed by atoms with Crippen molar-refractivity contribution in [3.8, 4) is 0 Å². The van der Waals surface area contributed by atoms with Gasteiger partial charge >= 0.3 is 0 Å². The molecule has 2 atom stereocenters. The molecular formula is C54H52N6O2S2. The van der Waals surface area contributed by atoms with Crippen LogP contribution in [0.5, 0.6) is 0 Å². The predicted molar refractivity (Wildman–Crippen MR) is 273 cm³/mol. The summed E-state index contributed by atoms with van der Waals surface area (Å²) in [4.78, 5) is 2.12. The van der Waals surface area contributed by atoms with Crippen LogP contribution in [-0.4, -0.2) is 68.6 Å². The number of hydrogen-bond donors (Lipinski definition) is 2. The molecule has 0 fully saturated rings. The lowest BCUT2D eigenvalue weighted by atomic mass is 10.1. The fraction of sp³-hybridized carbons (Fsp3) is 0.185. The number of fused-ring (bicyclic) bond motifs is 6. The lowest BCUT2D eigenvalue weighted by Crippen LogP contribution is -2.30. The lowest BCUT2D eigenvalue weighted by molar-refractivity contribution is 0.204. The summed E-state index contributed by atoms with van der Waals surface area (Å²) >= 11 is 3.23. The summed E-state index contributed by atoms with van der Waals surface area (Å²) in [5, 5.41) is 41.2. The van der Waals surface area contributed by atoms with Crippen LogP contribution in [-0.2, 0) is 13.1 Å². The van der Waals surface area contributed by atoms with Gasteiger partial charge in [0.2, 0.25) is 0 Å². The van der Waals surface area contributed by atoms with Gasteiger partial charge in [0, 0.05) is 78.0 Å². The summed E-state index contributed by atoms with van der Waals surface area (Å²) in [6.45, 7) is 6.83. The summed E-state index contributed by atoms with van der Waals surface area (Å²) in [6, 6.07) is 58.4. The Balaban J connectivity index is 0.827. The number of hydrogen-bond acceptors (Lipinski definition) is 8. The van der Waals surface area contributed by atoms with Gasteiger partial charge in [0.05, 0.1) is 49.1 Å². The second kappa shape index (κ2) is 20.0. The van der Waals surface area contributed by atoms with Gasteiger partial charge in [0.1, 0.15) is 0 Å². The third kappa shape index (κ3) is 9.61. The molecule has 0 saturated heterocycles. The highest BCUT2D eigenvalue weighted by atomic mass is 32.2. The molecule has 0 amide bonds. The molecule has 2 unspecified atom stereocenters. The maximum absolute atomic E-state index is 11.4. The summed E-state index contributed by atoms with van der Waals surface area (Å²) in [7, 11) is 0. The lowest BCUT2D eigenvalue weighted by Gasteiger charge is -2.22. The normalized spacial score (nSPS) is 12.9. The average molecular weight is 881 g/mol. The number of thioether (sulfide) groups is 2. The fourth-order valence-corrected chi connectivity index (χ4v) is 10.3. The number of aliphatic hydroxyl groups excluding tert-OH is 2. The van der Waals surface area contributed by atoms with E-state index in [0.29, 0.717) is 24.6 Å². The Bertz CT molecular complexity index is 2850. The van der Waals surface area contributed by atoms with Gasteiger partial charge in [-0.2, -0.15) is 10.2 Å². The molecular weight excluding hydrogens is 829 g/mol. The monoisotopic (exact) mass is 880 g/mol. The Morgan fingerprint density at radius 3 is 1.31 bits per heavy atom. The summed E-state index contributed by atoms with van der Waals surface area (Å²) < 4.78 is 4.70. The first-order valence-corrected chi connectivity index (χ1v) is 23.9. The molecule has 7 aromatic carbocycles. The summed E-state index contributed by atoms with van der Waals surface area (Å²) in [5.74, 6) is 0.991. The number of benzene rings is 7. The molecule has 10 heteroatoms. The first kappa shape index (κ1) is 43.0. The molecule has 8 nitrogen and oxygen atoms in total. The van der Waals surface area contributed by atoms with Crippen molar-refractivity contribution < 1.29 is 10.2 Å². The quantitative estimate of drug-likeness (QED) is 0.0508. The maximum Gasteiger partial charge on any atom is 0.0830 e. The van der Waals surface area contributed by atoms with Gasteiger partial charge in [0.15, 0.2) is 0 Å². The minimum atomic E-state index is -0.645. The predicted octanol–water partition coefficient (Wildman–Crippen LogP) is 11.9. The molecule has 9 aromatic rings. The van der Waals surface area contributed by atoms with E-state index < -0.39 is 12.2 Å². The van der Waals surface area contributed by atoms with E-state index in [1.165, 1.54) is 43.6 Å². The number of hydrazone groups is 2. The van der Waals surface area contributed by atoms with Crippen molar-refractivity contribution in [3.05, 3.63) is 181 Å². The highest BCUT2D eigenvalue weighted by Crippen LogP contribution is 2.32. The Labute approximate surface area is 383 Å². The number of aromatic nitrogens is 2. The van der Waals surface area contributed by atoms with Gasteiger partial charge in [-0.15, -0.1) is 23.5 Å². The van der Waals surface area contributed by atoms with Crippen LogP contribution in [0.2, 0.25) is 0 Å². The van der Waals surface area contributed by atoms with Gasteiger partial charge in [-0.25, -0.2) is 0 Å². The molecule has 2 aromatic heterocycles. The molecule has 64 heavy (non-hydrogen) atoms. The van der Waals surface area contributed by atoms with Crippen LogP contribution in [0.15, 0.2) is 190 Å². The zero-order chi connectivity index (χ0) is 43.8. The van der Waals surface area contributed by atoms with Crippen molar-refractivity contribution >= 4 is 90.9 Å². The van der Waals surface area contributed by atoms with E-state index in [1.807, 2.05) is 89.2 Å². The molecule has 322 valence electrons. The summed E-state index contributed by atoms with van der Waals surface area (Å²) in [6.07, 6.45) is 2.48. The van der Waals surface area contributed by atoms with E-state index >= 15 is 0 Å². The number of nitrogens with zero attached hydrogens (tertiary/aromatic N) is 6. The second-order valence-electron chi connectivity index (χ2n) is 15.8. The Hall–Kier alpha value is -6.30. The van der Waals surface area contributed by atoms with Crippen LogP contribution in [0.4, 0.5) is 11.4 Å². The topological polar surface area (TPSA) is 81.5 Å². The van der Waals surface area contributed by atoms with Crippen molar-refractivity contribution in [1.82, 2.24) is 9.13 Å². The van der Waals surface area contributed by atoms with E-state index in [-0.39, 0.29) is 0 Å². The SMILES string of the molecule is CCn1c2ccccc2c2cc(/C=N/N(CC(O)CSc3cccc(SCC(O)CN(/N=C/c4ccc5c(c4)c4ccccc4n5CC)c4ccccc4)c3)c3ccccc3)ccc21. The molecule has 0 aliphatic rings. The standard InChI is InChI=1S/C54H52N6O2S2/c1-3-57-51-24-13-11-22-47(51)49-30-39(26-28-53(49)57)33-55-59(41-16-7-5-8-17-41)35-43(61)37-63-45-20-15-21-46(32-45)64-38-44(62)36-60(42-18-9-6-10-19-42)56-34-40-27-29-54-50(31-40)48-23-12-14-25-52(48)58(54)4-2/h5-34,43-44,61-62H,3-4,35-38H2,1-2H3/b55-33+,56-34+. The minimum Gasteiger partial charge on any atom is -0.390 e. The Morgan fingerprint density at radius 2 is 0.875 bits per heavy atom. The molecule has 0 saturated carbocycles. The highest BCUT2D eigenvalue weighted by molar-refractivity contribution is 8.00. The number of rotatable bonds is 18. The fourth-order valence-electron chi connectivity index (χ4n) is 8.44. The van der Waals surface area contributed by atoms with Gasteiger partial charge in [-0.05, 0) is 104 Å². The molecule has 0 spiro atoms. The molecule has 0 bridgehead atoms. The van der Waals surface area contributed by atoms with E-state index in [4.69, 9.17) is 10.2 Å². The number of anilines is 2. The van der Waals surface area contributed by atoms with Crippen LogP contribution < -0.4 is 10.0 Å². The average Bonchev–Trinajstić information content (AvgIpc) is 3.84. The van der Waals surface area contributed by atoms with E-state index in [0.717, 1.165) is 45.4 Å². The van der Waals surface area contributed by atoms with Gasteiger partial charge in [-0.1, -0.05) is 91.0 Å². The number of aryl methyl sites for hydroxylation is 2. The molecule has 9 rings (SSSR count). The van der Waals surface area contributed by atoms with Crippen LogP contribution in [0.1, 0.15) is 25.0 Å². The van der Waals surface area contributed by atoms with Crippen molar-refractivity contribution in [2.45, 2.75) is 48.9 Å². The molecule has 2 heterocycles. The van der Waals surface area contributed by atoms with Crippen LogP contribution in [0.3, 0.4) is 0 Å². The van der Waals surface area contributed by atoms with E-state index in [9.17, 15) is 10.2 Å². The van der Waals surface area contributed by atoms with Gasteiger partial charge in [0.25, 0.3) is 0 Å². The number of para-hydroxylation sites is 4. The molecule has 0 radical (unpaired) electrons. The van der Waals surface area contributed by atoms with Crippen molar-refractivity contribution in [2.24, 2.45) is 10.2 Å². The van der Waals surface area contributed by atoms with Crippen molar-refractivity contribution in [2.75, 3.05) is 34.6 Å². The Kier molecular flexibility index (Phi) is 13.5. The van der Waals surface area contributed by atoms with Crippen molar-refractivity contribution in [3.63, 3.8) is 0 Å². The van der Waals surface area contributed by atoms with Crippen LogP contribution in [0, 0.1) is 0 Å². The van der Waals surface area contributed by atoms with E-state index in [2.05, 4.69) is 126 Å². The highest BCUT2D eigenvalue weighted by Gasteiger charge is 2.16. The minimum absolute atomic E-state index is 0.337.